The summed E-state index contributed by atoms with van der Waals surface area (Å²) in [6, 6.07) is 10.8. The Hall–Kier alpha value is -1.35. The van der Waals surface area contributed by atoms with Crippen LogP contribution < -0.4 is 5.32 Å². The summed E-state index contributed by atoms with van der Waals surface area (Å²) in [5, 5.41) is 3.44. The van der Waals surface area contributed by atoms with E-state index < -0.39 is 0 Å². The molecule has 1 N–H and O–H groups in total. The number of benzene rings is 1. The molecular formula is C13H17NO2. The predicted octanol–water partition coefficient (Wildman–Crippen LogP) is 1.73. The van der Waals surface area contributed by atoms with Crippen LogP contribution in [-0.4, -0.2) is 19.1 Å². The van der Waals surface area contributed by atoms with Gasteiger partial charge in [0.05, 0.1) is 13.0 Å². The lowest BCUT2D eigenvalue weighted by Crippen LogP contribution is -2.44. The molecule has 16 heavy (non-hydrogen) atoms. The highest BCUT2D eigenvalue weighted by molar-refractivity contribution is 5.73. The number of rotatable bonds is 4. The van der Waals surface area contributed by atoms with Gasteiger partial charge in [0.1, 0.15) is 0 Å². The van der Waals surface area contributed by atoms with Crippen LogP contribution in [0.25, 0.3) is 0 Å². The van der Waals surface area contributed by atoms with E-state index in [0.717, 1.165) is 19.4 Å². The van der Waals surface area contributed by atoms with Gasteiger partial charge in [-0.3, -0.25) is 4.79 Å². The first kappa shape index (κ1) is 11.1. The predicted molar refractivity (Wildman–Crippen MR) is 61.8 cm³/mol. The maximum Gasteiger partial charge on any atom is 0.308 e. The minimum Gasteiger partial charge on any atom is -0.469 e. The van der Waals surface area contributed by atoms with E-state index in [0.29, 0.717) is 6.04 Å². The average molecular weight is 219 g/mol. The lowest BCUT2D eigenvalue weighted by molar-refractivity contribution is -0.149. The lowest BCUT2D eigenvalue weighted by atomic mass is 9.80. The smallest absolute Gasteiger partial charge is 0.308 e. The van der Waals surface area contributed by atoms with Gasteiger partial charge in [0.25, 0.3) is 0 Å². The lowest BCUT2D eigenvalue weighted by Gasteiger charge is -2.33. The van der Waals surface area contributed by atoms with Crippen molar-refractivity contribution in [2.24, 2.45) is 5.92 Å². The molecule has 1 fully saturated rings. The van der Waals surface area contributed by atoms with Crippen LogP contribution in [0, 0.1) is 5.92 Å². The van der Waals surface area contributed by atoms with Crippen molar-refractivity contribution in [1.82, 2.24) is 5.32 Å². The summed E-state index contributed by atoms with van der Waals surface area (Å²) in [5.74, 6) is 0.0380. The monoisotopic (exact) mass is 219 g/mol. The Morgan fingerprint density at radius 2 is 2.06 bits per heavy atom. The van der Waals surface area contributed by atoms with Crippen LogP contribution in [0.5, 0.6) is 0 Å². The van der Waals surface area contributed by atoms with E-state index >= 15 is 0 Å². The van der Waals surface area contributed by atoms with E-state index in [4.69, 9.17) is 4.74 Å². The van der Waals surface area contributed by atoms with Crippen molar-refractivity contribution in [2.75, 3.05) is 7.11 Å². The second-order valence-electron chi connectivity index (χ2n) is 4.25. The second kappa shape index (κ2) is 5.12. The Kier molecular flexibility index (Phi) is 3.57. The maximum absolute atomic E-state index is 11.2. The van der Waals surface area contributed by atoms with Crippen LogP contribution in [0.2, 0.25) is 0 Å². The molecule has 3 nitrogen and oxygen atoms in total. The van der Waals surface area contributed by atoms with Crippen LogP contribution in [0.4, 0.5) is 0 Å². The van der Waals surface area contributed by atoms with Crippen molar-refractivity contribution >= 4 is 5.97 Å². The Labute approximate surface area is 95.8 Å². The fraction of sp³-hybridized carbons (Fsp3) is 0.462. The standard InChI is InChI=1S/C13H17NO2/c1-16-13(15)11-7-12(8-11)14-9-10-5-3-2-4-6-10/h2-6,11-12,14H,7-9H2,1H3. The molecule has 0 aliphatic heterocycles. The van der Waals surface area contributed by atoms with Gasteiger partial charge in [-0.2, -0.15) is 0 Å². The van der Waals surface area contributed by atoms with Crippen molar-refractivity contribution in [2.45, 2.75) is 25.4 Å². The third-order valence-corrected chi connectivity index (χ3v) is 3.11. The zero-order chi connectivity index (χ0) is 11.4. The quantitative estimate of drug-likeness (QED) is 0.784. The van der Waals surface area contributed by atoms with Crippen LogP contribution >= 0.6 is 0 Å². The summed E-state index contributed by atoms with van der Waals surface area (Å²) in [6.45, 7) is 0.874. The van der Waals surface area contributed by atoms with Crippen molar-refractivity contribution in [3.63, 3.8) is 0 Å². The molecule has 0 atom stereocenters. The molecule has 0 heterocycles. The molecule has 0 amide bonds. The molecule has 3 heteroatoms. The van der Waals surface area contributed by atoms with Crippen LogP contribution in [0.1, 0.15) is 18.4 Å². The van der Waals surface area contributed by atoms with Gasteiger partial charge in [-0.15, -0.1) is 0 Å². The molecule has 0 spiro atoms. The first-order valence-corrected chi connectivity index (χ1v) is 5.64. The van der Waals surface area contributed by atoms with Gasteiger partial charge in [-0.25, -0.2) is 0 Å². The number of carbonyl (C=O) groups is 1. The molecular weight excluding hydrogens is 202 g/mol. The zero-order valence-electron chi connectivity index (χ0n) is 9.48. The first-order valence-electron chi connectivity index (χ1n) is 5.64. The van der Waals surface area contributed by atoms with Gasteiger partial charge in [0.15, 0.2) is 0 Å². The molecule has 0 bridgehead atoms. The van der Waals surface area contributed by atoms with Gasteiger partial charge in [-0.05, 0) is 18.4 Å². The molecule has 0 saturated heterocycles. The minimum atomic E-state index is -0.0715. The number of hydrogen-bond acceptors (Lipinski definition) is 3. The minimum absolute atomic E-state index is 0.0715. The summed E-state index contributed by atoms with van der Waals surface area (Å²) < 4.78 is 4.70. The van der Waals surface area contributed by atoms with E-state index in [9.17, 15) is 4.79 Å². The number of methoxy groups -OCH3 is 1. The van der Waals surface area contributed by atoms with Crippen molar-refractivity contribution in [3.05, 3.63) is 35.9 Å². The Bertz CT molecular complexity index is 344. The fourth-order valence-corrected chi connectivity index (χ4v) is 2.00. The number of hydrogen-bond donors (Lipinski definition) is 1. The highest BCUT2D eigenvalue weighted by atomic mass is 16.5. The number of carbonyl (C=O) groups excluding carboxylic acids is 1. The van der Waals surface area contributed by atoms with Crippen LogP contribution in [-0.2, 0) is 16.1 Å². The average Bonchev–Trinajstić information content (AvgIpc) is 2.28. The number of nitrogens with one attached hydrogen (secondary N) is 1. The normalized spacial score (nSPS) is 23.6. The topological polar surface area (TPSA) is 38.3 Å². The maximum atomic E-state index is 11.2. The highest BCUT2D eigenvalue weighted by Crippen LogP contribution is 2.28. The Balaban J connectivity index is 1.69. The molecule has 1 saturated carbocycles. The Morgan fingerprint density at radius 3 is 2.69 bits per heavy atom. The largest absolute Gasteiger partial charge is 0.469 e. The summed E-state index contributed by atoms with van der Waals surface area (Å²) >= 11 is 0. The summed E-state index contributed by atoms with van der Waals surface area (Å²) in [7, 11) is 1.45. The molecule has 86 valence electrons. The SMILES string of the molecule is COC(=O)C1CC(NCc2ccccc2)C1. The summed E-state index contributed by atoms with van der Waals surface area (Å²) in [6.07, 6.45) is 1.80. The molecule has 2 rings (SSSR count). The third-order valence-electron chi connectivity index (χ3n) is 3.11. The van der Waals surface area contributed by atoms with Crippen molar-refractivity contribution < 1.29 is 9.53 Å². The van der Waals surface area contributed by atoms with E-state index in [2.05, 4.69) is 17.4 Å². The molecule has 1 aromatic rings. The molecule has 0 radical (unpaired) electrons. The molecule has 0 unspecified atom stereocenters. The zero-order valence-corrected chi connectivity index (χ0v) is 9.48. The fourth-order valence-electron chi connectivity index (χ4n) is 2.00. The van der Waals surface area contributed by atoms with E-state index in [1.54, 1.807) is 0 Å². The van der Waals surface area contributed by atoms with Crippen LogP contribution in [0.3, 0.4) is 0 Å². The van der Waals surface area contributed by atoms with Crippen LogP contribution in [0.15, 0.2) is 30.3 Å². The van der Waals surface area contributed by atoms with Crippen molar-refractivity contribution in [3.8, 4) is 0 Å². The van der Waals surface area contributed by atoms with Gasteiger partial charge < -0.3 is 10.1 Å². The van der Waals surface area contributed by atoms with E-state index in [1.807, 2.05) is 18.2 Å². The third kappa shape index (κ3) is 2.61. The second-order valence-corrected chi connectivity index (χ2v) is 4.25. The molecule has 1 aromatic carbocycles. The van der Waals surface area contributed by atoms with Gasteiger partial charge in [0, 0.05) is 12.6 Å². The number of ether oxygens (including phenoxy) is 1. The van der Waals surface area contributed by atoms with E-state index in [-0.39, 0.29) is 11.9 Å². The highest BCUT2D eigenvalue weighted by Gasteiger charge is 2.34. The molecule has 1 aliphatic rings. The van der Waals surface area contributed by atoms with Crippen molar-refractivity contribution in [1.29, 1.82) is 0 Å². The number of esters is 1. The van der Waals surface area contributed by atoms with Gasteiger partial charge in [0.2, 0.25) is 0 Å². The summed E-state index contributed by atoms with van der Waals surface area (Å²) in [4.78, 5) is 11.2. The summed E-state index contributed by atoms with van der Waals surface area (Å²) in [5.41, 5.74) is 1.28. The first-order chi connectivity index (χ1) is 7.79. The van der Waals surface area contributed by atoms with Gasteiger partial charge in [-0.1, -0.05) is 30.3 Å². The van der Waals surface area contributed by atoms with E-state index in [1.165, 1.54) is 12.7 Å². The van der Waals surface area contributed by atoms with Gasteiger partial charge >= 0.3 is 5.97 Å². The molecule has 0 aromatic heterocycles. The molecule has 1 aliphatic carbocycles. The Morgan fingerprint density at radius 1 is 1.38 bits per heavy atom.